The number of rotatable bonds is 0. The molecule has 92 valence electrons. The van der Waals surface area contributed by atoms with E-state index in [0.29, 0.717) is 0 Å². The molecule has 4 aromatic rings. The molecule has 0 bridgehead atoms. The summed E-state index contributed by atoms with van der Waals surface area (Å²) < 4.78 is 2.17. The van der Waals surface area contributed by atoms with Gasteiger partial charge in [0.1, 0.15) is 0 Å². The fourth-order valence-electron chi connectivity index (χ4n) is 3.11. The topological polar surface area (TPSA) is 21.5 Å². The van der Waals surface area contributed by atoms with Crippen LogP contribution >= 0.6 is 0 Å². The molecule has 2 heterocycles. The Kier molecular flexibility index (Phi) is 1.86. The minimum atomic E-state index is 0.138. The summed E-state index contributed by atoms with van der Waals surface area (Å²) in [6, 6.07) is 12.3. The first-order valence-corrected chi connectivity index (χ1v) is 6.44. The highest BCUT2D eigenvalue weighted by atomic mass is 16.1. The van der Waals surface area contributed by atoms with E-state index in [2.05, 4.69) is 35.6 Å². The van der Waals surface area contributed by atoms with E-state index in [4.69, 9.17) is 0 Å². The third kappa shape index (κ3) is 1.18. The summed E-state index contributed by atoms with van der Waals surface area (Å²) in [5, 5.41) is 3.19. The van der Waals surface area contributed by atoms with Gasteiger partial charge in [-0.1, -0.05) is 30.3 Å². The minimum Gasteiger partial charge on any atom is -0.315 e. The van der Waals surface area contributed by atoms with E-state index in [-0.39, 0.29) is 5.43 Å². The van der Waals surface area contributed by atoms with Crippen LogP contribution in [0.5, 0.6) is 0 Å². The Bertz CT molecular complexity index is 995. The number of hydrogen-bond donors (Lipinski definition) is 0. The predicted molar refractivity (Wildman–Crippen MR) is 79.3 cm³/mol. The van der Waals surface area contributed by atoms with Crippen molar-refractivity contribution in [2.45, 2.75) is 13.8 Å². The van der Waals surface area contributed by atoms with Crippen LogP contribution in [0.15, 0.2) is 47.4 Å². The second-order valence-corrected chi connectivity index (χ2v) is 5.18. The first-order valence-electron chi connectivity index (χ1n) is 6.44. The Hall–Kier alpha value is -2.35. The van der Waals surface area contributed by atoms with Gasteiger partial charge >= 0.3 is 0 Å². The third-order valence-electron chi connectivity index (χ3n) is 3.97. The minimum absolute atomic E-state index is 0.138. The Labute approximate surface area is 110 Å². The third-order valence-corrected chi connectivity index (χ3v) is 3.97. The quantitative estimate of drug-likeness (QED) is 0.464. The molecule has 0 amide bonds. The van der Waals surface area contributed by atoms with Gasteiger partial charge in [-0.05, 0) is 25.5 Å². The summed E-state index contributed by atoms with van der Waals surface area (Å²) in [7, 11) is 0. The fourth-order valence-corrected chi connectivity index (χ4v) is 3.11. The number of hydrogen-bond acceptors (Lipinski definition) is 1. The molecule has 2 nitrogen and oxygen atoms in total. The maximum atomic E-state index is 12.3. The van der Waals surface area contributed by atoms with Gasteiger partial charge in [0.25, 0.3) is 0 Å². The fraction of sp³-hybridized carbons (Fsp3) is 0.118. The molecule has 0 aliphatic rings. The van der Waals surface area contributed by atoms with Crippen LogP contribution < -0.4 is 5.43 Å². The average molecular weight is 247 g/mol. The summed E-state index contributed by atoms with van der Waals surface area (Å²) >= 11 is 0. The summed E-state index contributed by atoms with van der Waals surface area (Å²) in [6.45, 7) is 4.00. The molecule has 0 atom stereocenters. The van der Waals surface area contributed by atoms with E-state index >= 15 is 0 Å². The van der Waals surface area contributed by atoms with Gasteiger partial charge in [0, 0.05) is 27.9 Å². The second-order valence-electron chi connectivity index (χ2n) is 5.18. The van der Waals surface area contributed by atoms with E-state index < -0.39 is 0 Å². The van der Waals surface area contributed by atoms with Crippen molar-refractivity contribution < 1.29 is 0 Å². The lowest BCUT2D eigenvalue weighted by molar-refractivity contribution is 1.20. The van der Waals surface area contributed by atoms with Gasteiger partial charge in [-0.2, -0.15) is 0 Å². The molecule has 2 aromatic carbocycles. The Morgan fingerprint density at radius 2 is 1.42 bits per heavy atom. The van der Waals surface area contributed by atoms with E-state index in [1.807, 2.05) is 25.3 Å². The summed E-state index contributed by atoms with van der Waals surface area (Å²) in [5.41, 5.74) is 4.41. The Balaban J connectivity index is 2.52. The maximum Gasteiger partial charge on any atom is 0.192 e. The monoisotopic (exact) mass is 247 g/mol. The first-order chi connectivity index (χ1) is 9.18. The standard InChI is InChI=1S/C17H13NO/c1-10-5-3-6-12-13-7-4-8-14-16(13)18(15(10)12)9-11(2)17(14)19/h3-9H,1-2H3. The van der Waals surface area contributed by atoms with Crippen molar-refractivity contribution in [3.63, 3.8) is 0 Å². The second kappa shape index (κ2) is 3.35. The van der Waals surface area contributed by atoms with Crippen LogP contribution in [0.25, 0.3) is 27.2 Å². The zero-order valence-corrected chi connectivity index (χ0v) is 10.9. The van der Waals surface area contributed by atoms with Gasteiger partial charge in [0.05, 0.1) is 11.0 Å². The molecular formula is C17H13NO. The predicted octanol–water partition coefficient (Wildman–Crippen LogP) is 3.66. The Morgan fingerprint density at radius 1 is 0.789 bits per heavy atom. The van der Waals surface area contributed by atoms with E-state index in [0.717, 1.165) is 21.9 Å². The zero-order valence-electron chi connectivity index (χ0n) is 10.9. The van der Waals surface area contributed by atoms with Gasteiger partial charge in [0.2, 0.25) is 0 Å². The van der Waals surface area contributed by atoms with Crippen molar-refractivity contribution >= 4 is 27.2 Å². The highest BCUT2D eigenvalue weighted by Crippen LogP contribution is 2.32. The van der Waals surface area contributed by atoms with Crippen LogP contribution in [-0.2, 0) is 0 Å². The van der Waals surface area contributed by atoms with Crippen LogP contribution in [0.4, 0.5) is 0 Å². The lowest BCUT2D eigenvalue weighted by atomic mass is 10.1. The number of nitrogens with zero attached hydrogens (tertiary/aromatic N) is 1. The Morgan fingerprint density at radius 3 is 2.21 bits per heavy atom. The first kappa shape index (κ1) is 10.6. The molecule has 0 aliphatic heterocycles. The van der Waals surface area contributed by atoms with Gasteiger partial charge < -0.3 is 4.40 Å². The summed E-state index contributed by atoms with van der Waals surface area (Å²) in [5.74, 6) is 0. The van der Waals surface area contributed by atoms with Gasteiger partial charge in [-0.15, -0.1) is 0 Å². The van der Waals surface area contributed by atoms with E-state index in [1.165, 1.54) is 16.5 Å². The molecule has 19 heavy (non-hydrogen) atoms. The van der Waals surface area contributed by atoms with Gasteiger partial charge in [-0.25, -0.2) is 0 Å². The van der Waals surface area contributed by atoms with Gasteiger partial charge in [-0.3, -0.25) is 4.79 Å². The number of aryl methyl sites for hydroxylation is 2. The normalized spacial score (nSPS) is 11.9. The van der Waals surface area contributed by atoms with E-state index in [9.17, 15) is 4.79 Å². The molecule has 0 N–H and O–H groups in total. The molecule has 2 aromatic heterocycles. The molecule has 0 unspecified atom stereocenters. The van der Waals surface area contributed by atoms with Crippen molar-refractivity contribution in [2.75, 3.05) is 0 Å². The average Bonchev–Trinajstić information content (AvgIpc) is 2.73. The van der Waals surface area contributed by atoms with Crippen LogP contribution in [0.2, 0.25) is 0 Å². The van der Waals surface area contributed by atoms with Crippen molar-refractivity contribution in [1.29, 1.82) is 0 Å². The molecule has 0 fully saturated rings. The number of aromatic nitrogens is 1. The number of pyridine rings is 1. The van der Waals surface area contributed by atoms with Crippen LogP contribution in [0, 0.1) is 13.8 Å². The number of benzene rings is 2. The lowest BCUT2D eigenvalue weighted by Gasteiger charge is -2.03. The summed E-state index contributed by atoms with van der Waals surface area (Å²) in [4.78, 5) is 12.3. The SMILES string of the molecule is Cc1cn2c3c(C)cccc3c3cccc(c1=O)c32. The van der Waals surface area contributed by atoms with Crippen LogP contribution in [0.3, 0.4) is 0 Å². The van der Waals surface area contributed by atoms with Crippen molar-refractivity contribution in [3.05, 3.63) is 63.9 Å². The maximum absolute atomic E-state index is 12.3. The van der Waals surface area contributed by atoms with Crippen LogP contribution in [-0.4, -0.2) is 4.40 Å². The molecule has 4 rings (SSSR count). The van der Waals surface area contributed by atoms with E-state index in [1.54, 1.807) is 0 Å². The zero-order chi connectivity index (χ0) is 13.1. The summed E-state index contributed by atoms with van der Waals surface area (Å²) in [6.07, 6.45) is 1.97. The molecular weight excluding hydrogens is 234 g/mol. The largest absolute Gasteiger partial charge is 0.315 e. The molecule has 0 spiro atoms. The highest BCUT2D eigenvalue weighted by Gasteiger charge is 2.14. The molecule has 0 aliphatic carbocycles. The van der Waals surface area contributed by atoms with Crippen molar-refractivity contribution in [3.8, 4) is 0 Å². The van der Waals surface area contributed by atoms with Gasteiger partial charge in [0.15, 0.2) is 5.43 Å². The number of fused-ring (bicyclic) bond motifs is 3. The van der Waals surface area contributed by atoms with Crippen LogP contribution in [0.1, 0.15) is 11.1 Å². The lowest BCUT2D eigenvalue weighted by Crippen LogP contribution is -2.07. The molecule has 0 saturated heterocycles. The van der Waals surface area contributed by atoms with Crippen molar-refractivity contribution in [2.24, 2.45) is 0 Å². The smallest absolute Gasteiger partial charge is 0.192 e. The van der Waals surface area contributed by atoms with Crippen molar-refractivity contribution in [1.82, 2.24) is 4.40 Å². The molecule has 0 radical (unpaired) electrons. The highest BCUT2D eigenvalue weighted by molar-refractivity contribution is 6.14. The molecule has 2 heteroatoms. The number of para-hydroxylation sites is 2. The molecule has 0 saturated carbocycles.